The van der Waals surface area contributed by atoms with Gasteiger partial charge >= 0.3 is 0 Å². The summed E-state index contributed by atoms with van der Waals surface area (Å²) in [6.45, 7) is 4.65. The Labute approximate surface area is 101 Å². The van der Waals surface area contributed by atoms with Crippen molar-refractivity contribution in [2.75, 3.05) is 6.54 Å². The van der Waals surface area contributed by atoms with Crippen molar-refractivity contribution in [3.63, 3.8) is 0 Å². The number of benzene rings is 1. The van der Waals surface area contributed by atoms with Gasteiger partial charge in [-0.1, -0.05) is 11.6 Å². The molecule has 92 valence electrons. The smallest absolute Gasteiger partial charge is 0.257 e. The van der Waals surface area contributed by atoms with Crippen molar-refractivity contribution >= 4 is 5.91 Å². The number of carbonyl (C=O) groups is 1. The summed E-state index contributed by atoms with van der Waals surface area (Å²) in [6.07, 6.45) is 3.18. The van der Waals surface area contributed by atoms with Crippen LogP contribution in [0.1, 0.15) is 42.1 Å². The molecule has 1 aromatic carbocycles. The Kier molecular flexibility index (Phi) is 3.46. The van der Waals surface area contributed by atoms with Gasteiger partial charge in [0.25, 0.3) is 5.91 Å². The van der Waals surface area contributed by atoms with E-state index in [0.29, 0.717) is 0 Å². The normalized spacial score (nSPS) is 20.4. The molecule has 0 bridgehead atoms. The topological polar surface area (TPSA) is 20.3 Å². The molecule has 0 N–H and O–H groups in total. The Bertz CT molecular complexity index is 430. The third-order valence-electron chi connectivity index (χ3n) is 3.42. The fourth-order valence-corrected chi connectivity index (χ4v) is 2.36. The van der Waals surface area contributed by atoms with Crippen LogP contribution in [0.2, 0.25) is 0 Å². The first-order valence-corrected chi connectivity index (χ1v) is 6.16. The minimum Gasteiger partial charge on any atom is -0.336 e. The van der Waals surface area contributed by atoms with E-state index in [-0.39, 0.29) is 17.5 Å². The minimum atomic E-state index is -0.418. The Morgan fingerprint density at radius 3 is 2.88 bits per heavy atom. The second-order valence-electron chi connectivity index (χ2n) is 4.83. The van der Waals surface area contributed by atoms with E-state index in [1.54, 1.807) is 17.0 Å². The summed E-state index contributed by atoms with van der Waals surface area (Å²) >= 11 is 0. The van der Waals surface area contributed by atoms with Crippen molar-refractivity contribution < 1.29 is 9.18 Å². The molecule has 1 amide bonds. The lowest BCUT2D eigenvalue weighted by Crippen LogP contribution is -2.42. The molecular weight excluding hydrogens is 217 g/mol. The number of nitrogens with zero attached hydrogens (tertiary/aromatic N) is 1. The molecule has 0 saturated carbocycles. The van der Waals surface area contributed by atoms with Gasteiger partial charge in [-0.15, -0.1) is 0 Å². The maximum atomic E-state index is 13.7. The van der Waals surface area contributed by atoms with Gasteiger partial charge in [-0.3, -0.25) is 4.79 Å². The van der Waals surface area contributed by atoms with Gasteiger partial charge in [0, 0.05) is 12.6 Å². The van der Waals surface area contributed by atoms with Crippen molar-refractivity contribution in [1.29, 1.82) is 0 Å². The van der Waals surface area contributed by atoms with E-state index in [1.165, 1.54) is 6.07 Å². The highest BCUT2D eigenvalue weighted by Gasteiger charge is 2.25. The highest BCUT2D eigenvalue weighted by molar-refractivity contribution is 5.95. The number of halogens is 1. The fraction of sp³-hybridized carbons (Fsp3) is 0.500. The minimum absolute atomic E-state index is 0.168. The largest absolute Gasteiger partial charge is 0.336 e. The molecule has 2 nitrogen and oxygen atoms in total. The van der Waals surface area contributed by atoms with E-state index in [9.17, 15) is 9.18 Å². The number of piperidine rings is 1. The van der Waals surface area contributed by atoms with Gasteiger partial charge in [0.1, 0.15) is 5.82 Å². The van der Waals surface area contributed by atoms with Gasteiger partial charge in [-0.05, 0) is 45.2 Å². The first-order valence-electron chi connectivity index (χ1n) is 6.16. The van der Waals surface area contributed by atoms with Crippen LogP contribution in [0.15, 0.2) is 18.2 Å². The zero-order valence-electron chi connectivity index (χ0n) is 10.4. The van der Waals surface area contributed by atoms with Gasteiger partial charge in [0.15, 0.2) is 0 Å². The van der Waals surface area contributed by atoms with Gasteiger partial charge < -0.3 is 4.90 Å². The lowest BCUT2D eigenvalue weighted by Gasteiger charge is -2.33. The number of hydrogen-bond donors (Lipinski definition) is 0. The summed E-state index contributed by atoms with van der Waals surface area (Å²) < 4.78 is 13.7. The lowest BCUT2D eigenvalue weighted by molar-refractivity contribution is 0.0630. The monoisotopic (exact) mass is 235 g/mol. The summed E-state index contributed by atoms with van der Waals surface area (Å²) in [5.41, 5.74) is 1.12. The molecule has 1 heterocycles. The standard InChI is InChI=1S/C14H18FNO/c1-10-6-7-13(15)12(9-10)14(17)16-8-4-3-5-11(16)2/h6-7,9,11H,3-5,8H2,1-2H3. The molecule has 2 rings (SSSR count). The van der Waals surface area contributed by atoms with Crippen LogP contribution in [0.3, 0.4) is 0 Å². The van der Waals surface area contributed by atoms with Crippen LogP contribution in [-0.2, 0) is 0 Å². The van der Waals surface area contributed by atoms with Gasteiger partial charge in [-0.25, -0.2) is 4.39 Å². The predicted octanol–water partition coefficient (Wildman–Crippen LogP) is 3.15. The zero-order valence-corrected chi connectivity index (χ0v) is 10.4. The van der Waals surface area contributed by atoms with E-state index in [1.807, 2.05) is 13.8 Å². The molecule has 0 aromatic heterocycles. The first-order chi connectivity index (χ1) is 8.09. The molecule has 1 saturated heterocycles. The molecule has 0 spiro atoms. The van der Waals surface area contributed by atoms with Crippen LogP contribution >= 0.6 is 0 Å². The average molecular weight is 235 g/mol. The van der Waals surface area contributed by atoms with Crippen LogP contribution < -0.4 is 0 Å². The molecule has 1 aliphatic rings. The van der Waals surface area contributed by atoms with E-state index >= 15 is 0 Å². The van der Waals surface area contributed by atoms with Crippen molar-refractivity contribution in [2.24, 2.45) is 0 Å². The molecule has 17 heavy (non-hydrogen) atoms. The molecule has 1 atom stereocenters. The third kappa shape index (κ3) is 2.48. The van der Waals surface area contributed by atoms with Crippen molar-refractivity contribution in [2.45, 2.75) is 39.2 Å². The number of likely N-dealkylation sites (tertiary alicyclic amines) is 1. The van der Waals surface area contributed by atoms with Gasteiger partial charge in [0.2, 0.25) is 0 Å². The number of aryl methyl sites for hydroxylation is 1. The van der Waals surface area contributed by atoms with Crippen LogP contribution in [0.25, 0.3) is 0 Å². The first kappa shape index (κ1) is 12.1. The Morgan fingerprint density at radius 2 is 2.18 bits per heavy atom. The van der Waals surface area contributed by atoms with Crippen LogP contribution in [-0.4, -0.2) is 23.4 Å². The fourth-order valence-electron chi connectivity index (χ4n) is 2.36. The molecule has 1 aliphatic heterocycles. The lowest BCUT2D eigenvalue weighted by atomic mass is 10.0. The Balaban J connectivity index is 2.26. The van der Waals surface area contributed by atoms with Crippen molar-refractivity contribution in [3.8, 4) is 0 Å². The molecule has 0 radical (unpaired) electrons. The second kappa shape index (κ2) is 4.86. The molecule has 1 unspecified atom stereocenters. The van der Waals surface area contributed by atoms with Gasteiger partial charge in [0.05, 0.1) is 5.56 Å². The number of hydrogen-bond acceptors (Lipinski definition) is 1. The maximum absolute atomic E-state index is 13.7. The van der Waals surface area contributed by atoms with E-state index in [0.717, 1.165) is 31.4 Å². The second-order valence-corrected chi connectivity index (χ2v) is 4.83. The van der Waals surface area contributed by atoms with E-state index in [4.69, 9.17) is 0 Å². The third-order valence-corrected chi connectivity index (χ3v) is 3.42. The van der Waals surface area contributed by atoms with E-state index in [2.05, 4.69) is 0 Å². The Morgan fingerprint density at radius 1 is 1.41 bits per heavy atom. The van der Waals surface area contributed by atoms with Gasteiger partial charge in [-0.2, -0.15) is 0 Å². The Hall–Kier alpha value is -1.38. The maximum Gasteiger partial charge on any atom is 0.257 e. The molecule has 1 fully saturated rings. The highest BCUT2D eigenvalue weighted by Crippen LogP contribution is 2.21. The average Bonchev–Trinajstić information content (AvgIpc) is 2.32. The SMILES string of the molecule is Cc1ccc(F)c(C(=O)N2CCCCC2C)c1. The number of amides is 1. The van der Waals surface area contributed by atoms with Crippen LogP contribution in [0.5, 0.6) is 0 Å². The van der Waals surface area contributed by atoms with Crippen molar-refractivity contribution in [1.82, 2.24) is 4.90 Å². The van der Waals surface area contributed by atoms with Crippen molar-refractivity contribution in [3.05, 3.63) is 35.1 Å². The zero-order chi connectivity index (χ0) is 12.4. The number of carbonyl (C=O) groups excluding carboxylic acids is 1. The summed E-state index contributed by atoms with van der Waals surface area (Å²) in [6, 6.07) is 4.92. The van der Waals surface area contributed by atoms with Crippen LogP contribution in [0, 0.1) is 12.7 Å². The molecule has 3 heteroatoms. The highest BCUT2D eigenvalue weighted by atomic mass is 19.1. The summed E-state index contributed by atoms with van der Waals surface area (Å²) in [5, 5.41) is 0. The summed E-state index contributed by atoms with van der Waals surface area (Å²) in [7, 11) is 0. The number of rotatable bonds is 1. The van der Waals surface area contributed by atoms with Crippen LogP contribution in [0.4, 0.5) is 4.39 Å². The molecule has 1 aromatic rings. The predicted molar refractivity (Wildman–Crippen MR) is 65.5 cm³/mol. The molecular formula is C14H18FNO. The summed E-state index contributed by atoms with van der Waals surface area (Å²) in [4.78, 5) is 14.1. The summed E-state index contributed by atoms with van der Waals surface area (Å²) in [5.74, 6) is -0.586. The quantitative estimate of drug-likeness (QED) is 0.732. The molecule has 0 aliphatic carbocycles. The van der Waals surface area contributed by atoms with E-state index < -0.39 is 5.82 Å².